The highest BCUT2D eigenvalue weighted by molar-refractivity contribution is 5.99. The maximum absolute atomic E-state index is 12.7. The molecule has 8 heteroatoms. The van der Waals surface area contributed by atoms with Crippen LogP contribution in [-0.4, -0.2) is 43.2 Å². The molecule has 0 spiro atoms. The molecule has 2 rings (SSSR count). The quantitative estimate of drug-likeness (QED) is 0.226. The second-order valence-corrected chi connectivity index (χ2v) is 6.33. The van der Waals surface area contributed by atoms with Gasteiger partial charge in [-0.2, -0.15) is 5.10 Å². The number of benzene rings is 1. The first-order valence-corrected chi connectivity index (χ1v) is 9.04. The van der Waals surface area contributed by atoms with E-state index in [1.807, 2.05) is 12.1 Å². The Morgan fingerprint density at radius 1 is 1.46 bits per heavy atom. The molecule has 1 aromatic rings. The maximum Gasteiger partial charge on any atom is 0.329 e. The third-order valence-corrected chi connectivity index (χ3v) is 4.40. The molecule has 2 amide bonds. The predicted molar refractivity (Wildman–Crippen MR) is 105 cm³/mol. The summed E-state index contributed by atoms with van der Waals surface area (Å²) in [6.07, 6.45) is 7.35. The Labute approximate surface area is 164 Å². The van der Waals surface area contributed by atoms with Crippen molar-refractivity contribution in [2.75, 3.05) is 18.1 Å². The van der Waals surface area contributed by atoms with Gasteiger partial charge in [-0.05, 0) is 31.0 Å². The summed E-state index contributed by atoms with van der Waals surface area (Å²) in [6, 6.07) is 6.33. The lowest BCUT2D eigenvalue weighted by Crippen LogP contribution is -2.42. The molecule has 1 fully saturated rings. The zero-order chi connectivity index (χ0) is 20.5. The Bertz CT molecular complexity index is 782. The highest BCUT2D eigenvalue weighted by atomic mass is 16.5. The number of nitrogens with two attached hydrogens (primary N) is 1. The molecule has 0 bridgehead atoms. The van der Waals surface area contributed by atoms with Crippen LogP contribution in [-0.2, 0) is 19.1 Å². The Morgan fingerprint density at radius 2 is 2.18 bits per heavy atom. The SMILES string of the molecule is C#CCC(NC(=O)CC1CCN(c2ccc(C=NN)cc2)C1=O)C(=O)OCC. The van der Waals surface area contributed by atoms with E-state index in [2.05, 4.69) is 16.3 Å². The van der Waals surface area contributed by atoms with Crippen molar-refractivity contribution < 1.29 is 19.1 Å². The molecular formula is C20H24N4O4. The normalized spacial score (nSPS) is 17.4. The zero-order valence-electron chi connectivity index (χ0n) is 15.8. The Morgan fingerprint density at radius 3 is 2.79 bits per heavy atom. The van der Waals surface area contributed by atoms with Crippen LogP contribution in [0.2, 0.25) is 0 Å². The topological polar surface area (TPSA) is 114 Å². The number of amides is 2. The third kappa shape index (κ3) is 5.33. The van der Waals surface area contributed by atoms with Crippen LogP contribution in [0.5, 0.6) is 0 Å². The van der Waals surface area contributed by atoms with Crippen molar-refractivity contribution in [3.63, 3.8) is 0 Å². The summed E-state index contributed by atoms with van der Waals surface area (Å²) in [5.41, 5.74) is 1.58. The summed E-state index contributed by atoms with van der Waals surface area (Å²) in [6.45, 7) is 2.39. The first kappa shape index (κ1) is 21.0. The molecule has 3 N–H and O–H groups in total. The molecule has 0 aromatic heterocycles. The lowest BCUT2D eigenvalue weighted by molar-refractivity contribution is -0.147. The van der Waals surface area contributed by atoms with Gasteiger partial charge in [0.05, 0.1) is 12.8 Å². The minimum atomic E-state index is -0.901. The van der Waals surface area contributed by atoms with Crippen molar-refractivity contribution in [1.29, 1.82) is 0 Å². The monoisotopic (exact) mass is 384 g/mol. The minimum Gasteiger partial charge on any atom is -0.464 e. The first-order chi connectivity index (χ1) is 13.5. The maximum atomic E-state index is 12.7. The summed E-state index contributed by atoms with van der Waals surface area (Å²) in [5.74, 6) is 5.93. The molecule has 28 heavy (non-hydrogen) atoms. The number of esters is 1. The van der Waals surface area contributed by atoms with Crippen LogP contribution >= 0.6 is 0 Å². The number of hydrogen-bond donors (Lipinski definition) is 2. The molecule has 148 valence electrons. The second-order valence-electron chi connectivity index (χ2n) is 6.33. The van der Waals surface area contributed by atoms with Gasteiger partial charge >= 0.3 is 5.97 Å². The van der Waals surface area contributed by atoms with Gasteiger partial charge in [0.1, 0.15) is 6.04 Å². The fourth-order valence-corrected chi connectivity index (χ4v) is 3.04. The summed E-state index contributed by atoms with van der Waals surface area (Å²) in [7, 11) is 0. The average molecular weight is 384 g/mol. The predicted octanol–water partition coefficient (Wildman–Crippen LogP) is 0.793. The number of rotatable bonds is 8. The largest absolute Gasteiger partial charge is 0.464 e. The number of nitrogens with one attached hydrogen (secondary N) is 1. The highest BCUT2D eigenvalue weighted by Gasteiger charge is 2.34. The minimum absolute atomic E-state index is 0.00623. The molecule has 2 unspecified atom stereocenters. The van der Waals surface area contributed by atoms with Crippen LogP contribution < -0.4 is 16.1 Å². The van der Waals surface area contributed by atoms with Crippen LogP contribution in [0.1, 0.15) is 31.7 Å². The fourth-order valence-electron chi connectivity index (χ4n) is 3.04. The molecule has 1 saturated heterocycles. The van der Waals surface area contributed by atoms with E-state index in [-0.39, 0.29) is 25.4 Å². The van der Waals surface area contributed by atoms with Gasteiger partial charge < -0.3 is 20.8 Å². The number of terminal acetylenes is 1. The molecule has 1 aliphatic heterocycles. The standard InChI is InChI=1S/C20H24N4O4/c1-3-5-17(20(27)28-4-2)23-18(25)12-15-10-11-24(19(15)26)16-8-6-14(7-9-16)13-22-21/h1,6-9,13,15,17H,4-5,10-12,21H2,2H3,(H,23,25). The number of hydrazone groups is 1. The molecule has 2 atom stereocenters. The number of carbonyl (C=O) groups excluding carboxylic acids is 3. The number of hydrogen-bond acceptors (Lipinski definition) is 6. The van der Waals surface area contributed by atoms with E-state index in [0.29, 0.717) is 13.0 Å². The Balaban J connectivity index is 1.96. The van der Waals surface area contributed by atoms with Crippen LogP contribution in [0.15, 0.2) is 29.4 Å². The van der Waals surface area contributed by atoms with Crippen molar-refractivity contribution in [2.45, 2.75) is 32.2 Å². The molecule has 0 aliphatic carbocycles. The van der Waals surface area contributed by atoms with Crippen LogP contribution in [0.3, 0.4) is 0 Å². The first-order valence-electron chi connectivity index (χ1n) is 9.04. The summed E-state index contributed by atoms with van der Waals surface area (Å²) in [4.78, 5) is 38.5. The van der Waals surface area contributed by atoms with Gasteiger partial charge in [0, 0.05) is 31.0 Å². The van der Waals surface area contributed by atoms with Gasteiger partial charge in [-0.25, -0.2) is 4.79 Å². The van der Waals surface area contributed by atoms with E-state index in [1.165, 1.54) is 6.21 Å². The number of nitrogens with zero attached hydrogens (tertiary/aromatic N) is 2. The van der Waals surface area contributed by atoms with E-state index in [9.17, 15) is 14.4 Å². The molecule has 0 radical (unpaired) electrons. The molecule has 1 heterocycles. The zero-order valence-corrected chi connectivity index (χ0v) is 15.8. The van der Waals surface area contributed by atoms with E-state index in [4.69, 9.17) is 17.0 Å². The van der Waals surface area contributed by atoms with Crippen LogP contribution in [0, 0.1) is 18.3 Å². The molecule has 1 aromatic carbocycles. The molecule has 8 nitrogen and oxygen atoms in total. The van der Waals surface area contributed by atoms with Gasteiger partial charge in [-0.15, -0.1) is 12.3 Å². The van der Waals surface area contributed by atoms with Crippen LogP contribution in [0.4, 0.5) is 5.69 Å². The smallest absolute Gasteiger partial charge is 0.329 e. The summed E-state index contributed by atoms with van der Waals surface area (Å²) in [5, 5.41) is 6.03. The lowest BCUT2D eigenvalue weighted by Gasteiger charge is -2.18. The lowest BCUT2D eigenvalue weighted by atomic mass is 10.0. The van der Waals surface area contributed by atoms with E-state index >= 15 is 0 Å². The van der Waals surface area contributed by atoms with E-state index in [0.717, 1.165) is 11.3 Å². The van der Waals surface area contributed by atoms with Crippen molar-refractivity contribution >= 4 is 29.7 Å². The number of ether oxygens (including phenoxy) is 1. The second kappa shape index (κ2) is 10.1. The highest BCUT2D eigenvalue weighted by Crippen LogP contribution is 2.27. The van der Waals surface area contributed by atoms with Crippen molar-refractivity contribution in [3.8, 4) is 12.3 Å². The van der Waals surface area contributed by atoms with Gasteiger partial charge in [0.15, 0.2) is 0 Å². The van der Waals surface area contributed by atoms with Gasteiger partial charge in [0.2, 0.25) is 11.8 Å². The molecular weight excluding hydrogens is 360 g/mol. The summed E-state index contributed by atoms with van der Waals surface area (Å²) < 4.78 is 4.91. The van der Waals surface area contributed by atoms with Gasteiger partial charge in [0.25, 0.3) is 0 Å². The summed E-state index contributed by atoms with van der Waals surface area (Å²) >= 11 is 0. The Hall–Kier alpha value is -3.34. The van der Waals surface area contributed by atoms with Crippen molar-refractivity contribution in [3.05, 3.63) is 29.8 Å². The van der Waals surface area contributed by atoms with Crippen LogP contribution in [0.25, 0.3) is 0 Å². The number of carbonyl (C=O) groups is 3. The van der Waals surface area contributed by atoms with E-state index < -0.39 is 23.8 Å². The number of anilines is 1. The van der Waals surface area contributed by atoms with Crippen molar-refractivity contribution in [1.82, 2.24) is 5.32 Å². The fraction of sp³-hybridized carbons (Fsp3) is 0.400. The molecule has 1 aliphatic rings. The third-order valence-electron chi connectivity index (χ3n) is 4.40. The van der Waals surface area contributed by atoms with E-state index in [1.54, 1.807) is 24.0 Å². The van der Waals surface area contributed by atoms with Gasteiger partial charge in [-0.3, -0.25) is 9.59 Å². The molecule has 0 saturated carbocycles. The van der Waals surface area contributed by atoms with Gasteiger partial charge in [-0.1, -0.05) is 12.1 Å². The van der Waals surface area contributed by atoms with Crippen molar-refractivity contribution in [2.24, 2.45) is 16.9 Å². The average Bonchev–Trinajstić information content (AvgIpc) is 3.03. The Kier molecular flexibility index (Phi) is 7.57.